The van der Waals surface area contributed by atoms with Crippen LogP contribution in [0.5, 0.6) is 0 Å². The molecule has 0 radical (unpaired) electrons. The van der Waals surface area contributed by atoms with Crippen molar-refractivity contribution < 1.29 is 0 Å². The first kappa shape index (κ1) is 11.4. The van der Waals surface area contributed by atoms with Gasteiger partial charge in [0.05, 0.1) is 5.70 Å². The molecule has 0 aliphatic carbocycles. The zero-order valence-corrected chi connectivity index (χ0v) is 8.65. The lowest BCUT2D eigenvalue weighted by molar-refractivity contribution is 0.707. The molecule has 0 rings (SSSR count). The van der Waals surface area contributed by atoms with Crippen LogP contribution < -0.4 is 5.32 Å². The maximum absolute atomic E-state index is 4.29. The lowest BCUT2D eigenvalue weighted by Crippen LogP contribution is -2.17. The van der Waals surface area contributed by atoms with Crippen molar-refractivity contribution in [3.05, 3.63) is 11.3 Å². The highest BCUT2D eigenvalue weighted by Gasteiger charge is 1.94. The largest absolute Gasteiger partial charge is 0.311 e. The lowest BCUT2D eigenvalue weighted by Gasteiger charge is -2.05. The Kier molecular flexibility index (Phi) is 6.67. The maximum atomic E-state index is 4.29. The molecule has 0 saturated carbocycles. The molecular formula is C10H20N2. The summed E-state index contributed by atoms with van der Waals surface area (Å²) in [5, 5.41) is 3.33. The van der Waals surface area contributed by atoms with E-state index >= 15 is 0 Å². The Labute approximate surface area is 75.8 Å². The predicted octanol–water partition coefficient (Wildman–Crippen LogP) is 2.37. The van der Waals surface area contributed by atoms with Crippen molar-refractivity contribution in [1.82, 2.24) is 5.32 Å². The molecule has 0 bridgehead atoms. The molecule has 2 heteroatoms. The van der Waals surface area contributed by atoms with Gasteiger partial charge >= 0.3 is 0 Å². The second-order valence-electron chi connectivity index (χ2n) is 3.01. The summed E-state index contributed by atoms with van der Waals surface area (Å²) in [5.41, 5.74) is 2.45. The zero-order chi connectivity index (χ0) is 9.40. The van der Waals surface area contributed by atoms with Crippen molar-refractivity contribution in [1.29, 1.82) is 0 Å². The van der Waals surface area contributed by atoms with Crippen molar-refractivity contribution in [2.45, 2.75) is 34.1 Å². The third kappa shape index (κ3) is 5.08. The fourth-order valence-corrected chi connectivity index (χ4v) is 0.891. The van der Waals surface area contributed by atoms with E-state index in [1.165, 1.54) is 12.0 Å². The summed E-state index contributed by atoms with van der Waals surface area (Å²) in [7, 11) is 0. The summed E-state index contributed by atoms with van der Waals surface area (Å²) >= 11 is 0. The van der Waals surface area contributed by atoms with Crippen molar-refractivity contribution >= 4 is 6.21 Å². The van der Waals surface area contributed by atoms with E-state index in [2.05, 4.69) is 31.1 Å². The van der Waals surface area contributed by atoms with Crippen LogP contribution in [0, 0.1) is 0 Å². The van der Waals surface area contributed by atoms with Gasteiger partial charge in [-0.15, -0.1) is 0 Å². The monoisotopic (exact) mass is 168 g/mol. The molecule has 0 aromatic carbocycles. The van der Waals surface area contributed by atoms with E-state index in [1.54, 1.807) is 0 Å². The van der Waals surface area contributed by atoms with Crippen LogP contribution in [0.15, 0.2) is 16.3 Å². The molecule has 1 N–H and O–H groups in total. The van der Waals surface area contributed by atoms with Gasteiger partial charge in [-0.25, -0.2) is 0 Å². The minimum atomic E-state index is 0.889. The lowest BCUT2D eigenvalue weighted by atomic mass is 10.2. The number of nitrogens with one attached hydrogen (secondary N) is 1. The van der Waals surface area contributed by atoms with Crippen LogP contribution in [-0.2, 0) is 0 Å². The summed E-state index contributed by atoms with van der Waals surface area (Å²) in [6.45, 7) is 10.3. The molecule has 0 aromatic rings. The van der Waals surface area contributed by atoms with Gasteiger partial charge in [0.2, 0.25) is 0 Å². The van der Waals surface area contributed by atoms with Gasteiger partial charge in [-0.2, -0.15) is 0 Å². The molecule has 0 fully saturated rings. The minimum Gasteiger partial charge on any atom is -0.311 e. The molecule has 12 heavy (non-hydrogen) atoms. The van der Waals surface area contributed by atoms with Crippen LogP contribution in [0.25, 0.3) is 0 Å². The third-order valence-corrected chi connectivity index (χ3v) is 1.58. The zero-order valence-electron chi connectivity index (χ0n) is 8.65. The second-order valence-corrected chi connectivity index (χ2v) is 3.01. The van der Waals surface area contributed by atoms with E-state index in [1.807, 2.05) is 13.1 Å². The van der Waals surface area contributed by atoms with Gasteiger partial charge in [0.1, 0.15) is 0 Å². The first-order chi connectivity index (χ1) is 5.72. The van der Waals surface area contributed by atoms with Gasteiger partial charge in [0.15, 0.2) is 0 Å². The molecule has 2 nitrogen and oxygen atoms in total. The van der Waals surface area contributed by atoms with Gasteiger partial charge in [0, 0.05) is 12.8 Å². The van der Waals surface area contributed by atoms with E-state index in [9.17, 15) is 0 Å². The summed E-state index contributed by atoms with van der Waals surface area (Å²) in [6.07, 6.45) is 3.02. The van der Waals surface area contributed by atoms with Gasteiger partial charge < -0.3 is 5.32 Å². The van der Waals surface area contributed by atoms with E-state index in [-0.39, 0.29) is 0 Å². The minimum absolute atomic E-state index is 0.889. The highest BCUT2D eigenvalue weighted by molar-refractivity contribution is 5.55. The summed E-state index contributed by atoms with van der Waals surface area (Å²) in [6, 6.07) is 0. The molecule has 0 amide bonds. The molecule has 0 aliphatic rings. The van der Waals surface area contributed by atoms with E-state index in [4.69, 9.17) is 0 Å². The Morgan fingerprint density at radius 2 is 2.08 bits per heavy atom. The molecule has 0 atom stereocenters. The summed E-state index contributed by atoms with van der Waals surface area (Å²) in [5.74, 6) is 0. The third-order valence-electron chi connectivity index (χ3n) is 1.58. The van der Waals surface area contributed by atoms with Crippen LogP contribution in [-0.4, -0.2) is 19.3 Å². The van der Waals surface area contributed by atoms with Crippen LogP contribution >= 0.6 is 0 Å². The fourth-order valence-electron chi connectivity index (χ4n) is 0.891. The molecule has 0 unspecified atom stereocenters. The Morgan fingerprint density at radius 3 is 2.50 bits per heavy atom. The summed E-state index contributed by atoms with van der Waals surface area (Å²) in [4.78, 5) is 4.29. The van der Waals surface area contributed by atoms with Crippen LogP contribution in [0.4, 0.5) is 0 Å². The van der Waals surface area contributed by atoms with E-state index in [0.717, 1.165) is 18.8 Å². The molecular weight excluding hydrogens is 148 g/mol. The number of aliphatic imine (C=N–C) groups is 1. The number of rotatable bonds is 5. The van der Waals surface area contributed by atoms with Crippen molar-refractivity contribution in [2.24, 2.45) is 4.99 Å². The molecule has 0 spiro atoms. The first-order valence-corrected chi connectivity index (χ1v) is 4.58. The molecule has 70 valence electrons. The van der Waals surface area contributed by atoms with Crippen molar-refractivity contribution in [3.8, 4) is 0 Å². The molecule has 0 heterocycles. The maximum Gasteiger partial charge on any atom is 0.0524 e. The molecule has 0 saturated heterocycles. The smallest absolute Gasteiger partial charge is 0.0524 e. The van der Waals surface area contributed by atoms with Gasteiger partial charge in [-0.1, -0.05) is 12.5 Å². The molecule has 0 aliphatic heterocycles. The average Bonchev–Trinajstić information content (AvgIpc) is 2.03. The van der Waals surface area contributed by atoms with Gasteiger partial charge in [-0.3, -0.25) is 4.99 Å². The van der Waals surface area contributed by atoms with Crippen LogP contribution in [0.3, 0.4) is 0 Å². The molecule has 0 aromatic heterocycles. The number of hydrogen-bond acceptors (Lipinski definition) is 2. The quantitative estimate of drug-likeness (QED) is 0.494. The van der Waals surface area contributed by atoms with E-state index in [0.29, 0.717) is 0 Å². The van der Waals surface area contributed by atoms with Gasteiger partial charge in [0.25, 0.3) is 0 Å². The first-order valence-electron chi connectivity index (χ1n) is 4.58. The second kappa shape index (κ2) is 7.04. The van der Waals surface area contributed by atoms with Gasteiger partial charge in [-0.05, 0) is 33.7 Å². The standard InChI is InChI=1S/C10H20N2/c1-5-7-11-8-10(9(3)4)12-6-2/h6,11H,5,7-8H2,1-4H3/b12-6-. The average molecular weight is 168 g/mol. The van der Waals surface area contributed by atoms with Crippen LogP contribution in [0.1, 0.15) is 34.1 Å². The predicted molar refractivity (Wildman–Crippen MR) is 55.7 cm³/mol. The van der Waals surface area contributed by atoms with Crippen LogP contribution in [0.2, 0.25) is 0 Å². The number of nitrogens with zero attached hydrogens (tertiary/aromatic N) is 1. The Morgan fingerprint density at radius 1 is 1.42 bits per heavy atom. The SMILES string of the molecule is C/C=N\C(CNCCC)=C(C)C. The normalized spacial score (nSPS) is 10.7. The number of hydrogen-bond donors (Lipinski definition) is 1. The highest BCUT2D eigenvalue weighted by atomic mass is 14.9. The van der Waals surface area contributed by atoms with E-state index < -0.39 is 0 Å². The highest BCUT2D eigenvalue weighted by Crippen LogP contribution is 2.02. The Hall–Kier alpha value is -0.630. The Bertz CT molecular complexity index is 165. The Balaban J connectivity index is 3.90. The fraction of sp³-hybridized carbons (Fsp3) is 0.700. The number of allylic oxidation sites excluding steroid dienone is 1. The topological polar surface area (TPSA) is 24.4 Å². The van der Waals surface area contributed by atoms with Crippen molar-refractivity contribution in [2.75, 3.05) is 13.1 Å². The van der Waals surface area contributed by atoms with Crippen molar-refractivity contribution in [3.63, 3.8) is 0 Å². The summed E-state index contributed by atoms with van der Waals surface area (Å²) < 4.78 is 0.